The van der Waals surface area contributed by atoms with E-state index in [1.807, 2.05) is 0 Å². The predicted molar refractivity (Wildman–Crippen MR) is 61.6 cm³/mol. The maximum Gasteiger partial charge on any atom is 0.141 e. The molecule has 0 bridgehead atoms. The molecule has 0 aliphatic carbocycles. The number of halogens is 1. The molecule has 0 saturated carbocycles. The van der Waals surface area contributed by atoms with Crippen molar-refractivity contribution in [3.8, 4) is 11.2 Å². The first-order chi connectivity index (χ1) is 5.74. The molecule has 1 aromatic rings. The first kappa shape index (κ1) is 9.48. The van der Waals surface area contributed by atoms with Crippen LogP contribution in [0.1, 0.15) is 5.56 Å². The Bertz CT molecular complexity index is 342. The highest BCUT2D eigenvalue weighted by Gasteiger charge is 1.95. The van der Waals surface area contributed by atoms with Gasteiger partial charge in [-0.15, -0.1) is 0 Å². The minimum absolute atomic E-state index is 0.382. The molecule has 1 aromatic heterocycles. The van der Waals surface area contributed by atoms with Gasteiger partial charge in [0.25, 0.3) is 0 Å². The fraction of sp³-hybridized carbons (Fsp3) is 0. The molecule has 0 radical (unpaired) electrons. The number of nitrogen functional groups attached to an aromatic ring is 2. The van der Waals surface area contributed by atoms with E-state index in [-0.39, 0.29) is 0 Å². The number of pyridine rings is 1. The van der Waals surface area contributed by atoms with E-state index >= 15 is 0 Å². The Balaban J connectivity index is 3.01. The van der Waals surface area contributed by atoms with Crippen LogP contribution in [0.3, 0.4) is 0 Å². The van der Waals surface area contributed by atoms with Crippen LogP contribution in [0, 0.1) is 11.2 Å². The van der Waals surface area contributed by atoms with Gasteiger partial charge in [-0.05, 0) is 26.3 Å². The first-order valence-corrected chi connectivity index (χ1v) is 6.40. The van der Waals surface area contributed by atoms with E-state index in [0.717, 1.165) is 0 Å². The van der Waals surface area contributed by atoms with E-state index in [2.05, 4.69) is 37.4 Å². The van der Waals surface area contributed by atoms with Crippen molar-refractivity contribution in [1.29, 1.82) is 0 Å². The van der Waals surface area contributed by atoms with Gasteiger partial charge in [0.15, 0.2) is 0 Å². The van der Waals surface area contributed by atoms with Crippen LogP contribution in [-0.2, 0) is 0 Å². The van der Waals surface area contributed by atoms with Gasteiger partial charge in [0.05, 0.1) is 5.56 Å². The van der Waals surface area contributed by atoms with Gasteiger partial charge >= 0.3 is 0 Å². The van der Waals surface area contributed by atoms with Gasteiger partial charge in [-0.1, -0.05) is 5.92 Å². The molecule has 5 heteroatoms. The second kappa shape index (κ2) is 4.42. The molecule has 0 unspecified atom stereocenters. The van der Waals surface area contributed by atoms with Gasteiger partial charge in [0.1, 0.15) is 11.6 Å². The third-order valence-electron chi connectivity index (χ3n) is 1.17. The molecule has 0 amide bonds. The van der Waals surface area contributed by atoms with Crippen molar-refractivity contribution >= 4 is 41.8 Å². The molecule has 0 aliphatic rings. The quantitative estimate of drug-likeness (QED) is 0.563. The van der Waals surface area contributed by atoms with E-state index in [1.165, 1.54) is 8.93 Å². The summed E-state index contributed by atoms with van der Waals surface area (Å²) in [7, 11) is 1.40. The molecule has 0 aromatic carbocycles. The zero-order valence-electron chi connectivity index (χ0n) is 6.04. The largest absolute Gasteiger partial charge is 0.384 e. The van der Waals surface area contributed by atoms with E-state index in [4.69, 9.17) is 11.5 Å². The summed E-state index contributed by atoms with van der Waals surface area (Å²) in [5.41, 5.74) is 11.7. The molecule has 0 spiro atoms. The Morgan fingerprint density at radius 1 is 1.42 bits per heavy atom. The number of anilines is 2. The number of aromatic nitrogens is 1. The van der Waals surface area contributed by atoms with E-state index in [0.29, 0.717) is 17.2 Å². The molecule has 62 valence electrons. The van der Waals surface area contributed by atoms with Crippen molar-refractivity contribution in [2.75, 3.05) is 11.5 Å². The monoisotopic (exact) mass is 291 g/mol. The number of rotatable bonds is 0. The van der Waals surface area contributed by atoms with Crippen molar-refractivity contribution in [3.05, 3.63) is 17.7 Å². The Kier molecular flexibility index (Phi) is 3.49. The van der Waals surface area contributed by atoms with E-state index in [1.54, 1.807) is 12.1 Å². The average molecular weight is 291 g/mol. The van der Waals surface area contributed by atoms with Crippen LogP contribution in [0.5, 0.6) is 0 Å². The zero-order chi connectivity index (χ0) is 8.97. The SMILES string of the molecule is Nc1ccc(C#CSI)c(N)n1. The van der Waals surface area contributed by atoms with Crippen LogP contribution < -0.4 is 11.5 Å². The molecular formula is C7H6IN3S. The summed E-state index contributed by atoms with van der Waals surface area (Å²) in [5, 5.41) is 2.82. The molecule has 1 rings (SSSR count). The molecule has 12 heavy (non-hydrogen) atoms. The first-order valence-electron chi connectivity index (χ1n) is 3.04. The van der Waals surface area contributed by atoms with Crippen LogP contribution in [0.25, 0.3) is 0 Å². The minimum Gasteiger partial charge on any atom is -0.384 e. The smallest absolute Gasteiger partial charge is 0.141 e. The van der Waals surface area contributed by atoms with Crippen LogP contribution in [0.4, 0.5) is 11.6 Å². The number of nitrogens with zero attached hydrogens (tertiary/aromatic N) is 1. The highest BCUT2D eigenvalue weighted by atomic mass is 127. The van der Waals surface area contributed by atoms with Crippen LogP contribution >= 0.6 is 30.1 Å². The second-order valence-electron chi connectivity index (χ2n) is 1.97. The third kappa shape index (κ3) is 2.46. The Morgan fingerprint density at radius 2 is 2.17 bits per heavy atom. The minimum atomic E-state index is 0.382. The Hall–Kier alpha value is -0.610. The highest BCUT2D eigenvalue weighted by Crippen LogP contribution is 2.12. The summed E-state index contributed by atoms with van der Waals surface area (Å²) in [4.78, 5) is 3.87. The molecule has 4 N–H and O–H groups in total. The van der Waals surface area contributed by atoms with Gasteiger partial charge in [-0.2, -0.15) is 0 Å². The normalized spacial score (nSPS) is 8.75. The van der Waals surface area contributed by atoms with E-state index < -0.39 is 0 Å². The van der Waals surface area contributed by atoms with Crippen LogP contribution in [0.15, 0.2) is 12.1 Å². The Labute approximate surface area is 86.9 Å². The van der Waals surface area contributed by atoms with Crippen molar-refractivity contribution in [2.45, 2.75) is 0 Å². The molecule has 0 fully saturated rings. The molecule has 0 saturated heterocycles. The summed E-state index contributed by atoms with van der Waals surface area (Å²) < 4.78 is 0. The summed E-state index contributed by atoms with van der Waals surface area (Å²) in [5.74, 6) is 3.65. The van der Waals surface area contributed by atoms with Crippen LogP contribution in [-0.4, -0.2) is 4.98 Å². The van der Waals surface area contributed by atoms with Gasteiger partial charge < -0.3 is 11.5 Å². The topological polar surface area (TPSA) is 64.9 Å². The fourth-order valence-electron chi connectivity index (χ4n) is 0.671. The lowest BCUT2D eigenvalue weighted by atomic mass is 10.3. The Morgan fingerprint density at radius 3 is 2.75 bits per heavy atom. The molecule has 0 atom stereocenters. The van der Waals surface area contributed by atoms with Gasteiger partial charge in [0, 0.05) is 21.2 Å². The van der Waals surface area contributed by atoms with Gasteiger partial charge in [-0.25, -0.2) is 4.98 Å². The fourth-order valence-corrected chi connectivity index (χ4v) is 1.15. The van der Waals surface area contributed by atoms with Crippen molar-refractivity contribution in [3.63, 3.8) is 0 Å². The van der Waals surface area contributed by atoms with Crippen molar-refractivity contribution < 1.29 is 0 Å². The standard InChI is InChI=1S/C7H6IN3S/c8-12-4-3-5-1-2-6(9)11-7(5)10/h1-2H,(H4,9,10,11). The van der Waals surface area contributed by atoms with Gasteiger partial charge in [0.2, 0.25) is 0 Å². The molecule has 1 heterocycles. The lowest BCUT2D eigenvalue weighted by molar-refractivity contribution is 1.33. The summed E-state index contributed by atoms with van der Waals surface area (Å²) >= 11 is 2.09. The lowest BCUT2D eigenvalue weighted by Crippen LogP contribution is -1.98. The summed E-state index contributed by atoms with van der Waals surface area (Å²) in [6.07, 6.45) is 0. The van der Waals surface area contributed by atoms with Crippen molar-refractivity contribution in [1.82, 2.24) is 4.98 Å². The molecule has 3 nitrogen and oxygen atoms in total. The average Bonchev–Trinajstić information content (AvgIpc) is 2.03. The number of nitrogens with two attached hydrogens (primary N) is 2. The molecule has 0 aliphatic heterocycles. The predicted octanol–water partition coefficient (Wildman–Crippen LogP) is 1.64. The van der Waals surface area contributed by atoms with Crippen LogP contribution in [0.2, 0.25) is 0 Å². The third-order valence-corrected chi connectivity index (χ3v) is 2.01. The maximum absolute atomic E-state index is 5.56. The van der Waals surface area contributed by atoms with E-state index in [9.17, 15) is 0 Å². The number of hydrogen-bond acceptors (Lipinski definition) is 4. The van der Waals surface area contributed by atoms with Gasteiger partial charge in [-0.3, -0.25) is 0 Å². The molecular weight excluding hydrogens is 285 g/mol. The maximum atomic E-state index is 5.56. The summed E-state index contributed by atoms with van der Waals surface area (Å²) in [6, 6.07) is 3.44. The van der Waals surface area contributed by atoms with Crippen molar-refractivity contribution in [2.24, 2.45) is 0 Å². The lowest BCUT2D eigenvalue weighted by Gasteiger charge is -1.96. The highest BCUT2D eigenvalue weighted by molar-refractivity contribution is 14.2. The zero-order valence-corrected chi connectivity index (χ0v) is 9.02. The number of hydrogen-bond donors (Lipinski definition) is 2. The summed E-state index contributed by atoms with van der Waals surface area (Å²) in [6.45, 7) is 0. The second-order valence-corrected chi connectivity index (χ2v) is 3.65.